The van der Waals surface area contributed by atoms with Crippen LogP contribution in [0.1, 0.15) is 30.2 Å². The Hall–Kier alpha value is -2.34. The van der Waals surface area contributed by atoms with E-state index in [1.165, 1.54) is 10.6 Å². The standard InChI is InChI=1S/C17H20N2O4/c1-17(2)12-19(9-10-22-17)16(21)14-7-6-13(23-14)11-18-8-4-3-5-15(18)20/h3-8H,9-12H2,1-2H3. The molecular weight excluding hydrogens is 296 g/mol. The second-order valence-corrected chi connectivity index (χ2v) is 6.27. The molecule has 1 aliphatic heterocycles. The maximum Gasteiger partial charge on any atom is 0.289 e. The van der Waals surface area contributed by atoms with E-state index in [-0.39, 0.29) is 17.1 Å². The topological polar surface area (TPSA) is 64.7 Å². The minimum Gasteiger partial charge on any atom is -0.454 e. The van der Waals surface area contributed by atoms with E-state index < -0.39 is 0 Å². The first-order valence-corrected chi connectivity index (χ1v) is 7.62. The smallest absolute Gasteiger partial charge is 0.289 e. The number of furan rings is 1. The summed E-state index contributed by atoms with van der Waals surface area (Å²) in [5, 5.41) is 0. The van der Waals surface area contributed by atoms with Gasteiger partial charge in [-0.25, -0.2) is 0 Å². The highest BCUT2D eigenvalue weighted by Crippen LogP contribution is 2.19. The van der Waals surface area contributed by atoms with Gasteiger partial charge in [0.05, 0.1) is 18.8 Å². The second-order valence-electron chi connectivity index (χ2n) is 6.27. The zero-order valence-electron chi connectivity index (χ0n) is 13.3. The summed E-state index contributed by atoms with van der Waals surface area (Å²) < 4.78 is 12.8. The summed E-state index contributed by atoms with van der Waals surface area (Å²) in [6.45, 7) is 5.83. The Morgan fingerprint density at radius 2 is 2.09 bits per heavy atom. The molecule has 122 valence electrons. The molecule has 1 amide bonds. The quantitative estimate of drug-likeness (QED) is 0.865. The number of carbonyl (C=O) groups excluding carboxylic acids is 1. The Kier molecular flexibility index (Phi) is 4.09. The lowest BCUT2D eigenvalue weighted by Crippen LogP contribution is -2.50. The molecule has 0 bridgehead atoms. The van der Waals surface area contributed by atoms with Crippen LogP contribution in [0.3, 0.4) is 0 Å². The largest absolute Gasteiger partial charge is 0.454 e. The van der Waals surface area contributed by atoms with Crippen LogP contribution in [0.25, 0.3) is 0 Å². The molecule has 1 saturated heterocycles. The zero-order chi connectivity index (χ0) is 16.4. The van der Waals surface area contributed by atoms with Crippen LogP contribution in [0.4, 0.5) is 0 Å². The Bertz CT molecular complexity index is 760. The minimum absolute atomic E-state index is 0.105. The molecule has 0 unspecified atom stereocenters. The van der Waals surface area contributed by atoms with Crippen LogP contribution < -0.4 is 5.56 Å². The van der Waals surface area contributed by atoms with Crippen molar-refractivity contribution in [1.29, 1.82) is 0 Å². The fraction of sp³-hybridized carbons (Fsp3) is 0.412. The molecule has 2 aromatic heterocycles. The number of hydrogen-bond acceptors (Lipinski definition) is 4. The van der Waals surface area contributed by atoms with Crippen LogP contribution in [0.2, 0.25) is 0 Å². The van der Waals surface area contributed by atoms with E-state index >= 15 is 0 Å². The molecule has 1 fully saturated rings. The number of hydrogen-bond donors (Lipinski definition) is 0. The van der Waals surface area contributed by atoms with Gasteiger partial charge in [-0.2, -0.15) is 0 Å². The molecule has 6 heteroatoms. The van der Waals surface area contributed by atoms with Gasteiger partial charge in [-0.05, 0) is 32.0 Å². The number of nitrogens with zero attached hydrogens (tertiary/aromatic N) is 2. The summed E-state index contributed by atoms with van der Waals surface area (Å²) >= 11 is 0. The van der Waals surface area contributed by atoms with Crippen LogP contribution in [0.5, 0.6) is 0 Å². The average molecular weight is 316 g/mol. The molecule has 0 N–H and O–H groups in total. The van der Waals surface area contributed by atoms with Gasteiger partial charge in [0, 0.05) is 25.4 Å². The minimum atomic E-state index is -0.347. The summed E-state index contributed by atoms with van der Waals surface area (Å²) in [5.41, 5.74) is -0.451. The number of aromatic nitrogens is 1. The molecule has 0 atom stereocenters. The number of pyridine rings is 1. The summed E-state index contributed by atoms with van der Waals surface area (Å²) in [6, 6.07) is 8.36. The molecule has 0 spiro atoms. The van der Waals surface area contributed by atoms with Crippen LogP contribution >= 0.6 is 0 Å². The Morgan fingerprint density at radius 3 is 2.83 bits per heavy atom. The van der Waals surface area contributed by atoms with Crippen LogP contribution in [-0.4, -0.2) is 40.7 Å². The maximum atomic E-state index is 12.5. The number of ether oxygens (including phenoxy) is 1. The van der Waals surface area contributed by atoms with E-state index in [2.05, 4.69) is 0 Å². The van der Waals surface area contributed by atoms with Crippen molar-refractivity contribution in [2.24, 2.45) is 0 Å². The predicted octanol–water partition coefficient (Wildman–Crippen LogP) is 1.74. The fourth-order valence-corrected chi connectivity index (χ4v) is 2.68. The maximum absolute atomic E-state index is 12.5. The van der Waals surface area contributed by atoms with E-state index in [1.54, 1.807) is 35.4 Å². The number of carbonyl (C=O) groups is 1. The third kappa shape index (κ3) is 3.53. The molecule has 6 nitrogen and oxygen atoms in total. The zero-order valence-corrected chi connectivity index (χ0v) is 13.3. The number of amides is 1. The normalized spacial score (nSPS) is 17.2. The molecule has 2 aromatic rings. The molecular formula is C17H20N2O4. The van der Waals surface area contributed by atoms with Crippen molar-refractivity contribution in [3.63, 3.8) is 0 Å². The van der Waals surface area contributed by atoms with Gasteiger partial charge in [0.2, 0.25) is 0 Å². The Morgan fingerprint density at radius 1 is 1.26 bits per heavy atom. The van der Waals surface area contributed by atoms with E-state index in [0.717, 1.165) is 0 Å². The summed E-state index contributed by atoms with van der Waals surface area (Å²) in [4.78, 5) is 26.0. The van der Waals surface area contributed by atoms with Crippen molar-refractivity contribution < 1.29 is 13.9 Å². The molecule has 23 heavy (non-hydrogen) atoms. The Labute approximate surface area is 134 Å². The van der Waals surface area contributed by atoms with Gasteiger partial charge < -0.3 is 18.6 Å². The first-order valence-electron chi connectivity index (χ1n) is 7.62. The second kappa shape index (κ2) is 6.04. The molecule has 3 rings (SSSR count). The fourth-order valence-electron chi connectivity index (χ4n) is 2.68. The SMILES string of the molecule is CC1(C)CN(C(=O)c2ccc(Cn3ccccc3=O)o2)CCO1. The third-order valence-electron chi connectivity index (χ3n) is 3.81. The van der Waals surface area contributed by atoms with Gasteiger partial charge in [0.15, 0.2) is 5.76 Å². The molecule has 0 saturated carbocycles. The van der Waals surface area contributed by atoms with Gasteiger partial charge in [0.25, 0.3) is 11.5 Å². The van der Waals surface area contributed by atoms with Crippen molar-refractivity contribution in [1.82, 2.24) is 9.47 Å². The summed E-state index contributed by atoms with van der Waals surface area (Å²) in [6.07, 6.45) is 1.69. The lowest BCUT2D eigenvalue weighted by atomic mass is 10.1. The molecule has 1 aliphatic rings. The van der Waals surface area contributed by atoms with Gasteiger partial charge in [-0.15, -0.1) is 0 Å². The monoisotopic (exact) mass is 316 g/mol. The lowest BCUT2D eigenvalue weighted by molar-refractivity contribution is -0.0769. The van der Waals surface area contributed by atoms with Gasteiger partial charge >= 0.3 is 0 Å². The van der Waals surface area contributed by atoms with E-state index in [1.807, 2.05) is 13.8 Å². The highest BCUT2D eigenvalue weighted by atomic mass is 16.5. The van der Waals surface area contributed by atoms with Crippen molar-refractivity contribution in [3.8, 4) is 0 Å². The molecule has 0 aliphatic carbocycles. The van der Waals surface area contributed by atoms with E-state index in [9.17, 15) is 9.59 Å². The Balaban J connectivity index is 1.73. The molecule has 0 aromatic carbocycles. The van der Waals surface area contributed by atoms with Gasteiger partial charge in [0.1, 0.15) is 5.76 Å². The highest BCUT2D eigenvalue weighted by molar-refractivity contribution is 5.91. The number of rotatable bonds is 3. The lowest BCUT2D eigenvalue weighted by Gasteiger charge is -2.37. The van der Waals surface area contributed by atoms with Crippen LogP contribution in [0.15, 0.2) is 45.7 Å². The van der Waals surface area contributed by atoms with Gasteiger partial charge in [-0.3, -0.25) is 9.59 Å². The first kappa shape index (κ1) is 15.6. The van der Waals surface area contributed by atoms with E-state index in [0.29, 0.717) is 37.8 Å². The van der Waals surface area contributed by atoms with E-state index in [4.69, 9.17) is 9.15 Å². The van der Waals surface area contributed by atoms with Crippen LogP contribution in [0, 0.1) is 0 Å². The number of morpholine rings is 1. The van der Waals surface area contributed by atoms with Crippen molar-refractivity contribution in [3.05, 3.63) is 58.4 Å². The summed E-state index contributed by atoms with van der Waals surface area (Å²) in [7, 11) is 0. The van der Waals surface area contributed by atoms with Crippen molar-refractivity contribution >= 4 is 5.91 Å². The molecule has 3 heterocycles. The van der Waals surface area contributed by atoms with Crippen molar-refractivity contribution in [2.45, 2.75) is 26.0 Å². The summed E-state index contributed by atoms with van der Waals surface area (Å²) in [5.74, 6) is 0.726. The van der Waals surface area contributed by atoms with Crippen molar-refractivity contribution in [2.75, 3.05) is 19.7 Å². The highest BCUT2D eigenvalue weighted by Gasteiger charge is 2.31. The first-order chi connectivity index (χ1) is 10.9. The predicted molar refractivity (Wildman–Crippen MR) is 84.4 cm³/mol. The van der Waals surface area contributed by atoms with Gasteiger partial charge in [-0.1, -0.05) is 6.07 Å². The third-order valence-corrected chi connectivity index (χ3v) is 3.81. The average Bonchev–Trinajstić information content (AvgIpc) is 2.96. The van der Waals surface area contributed by atoms with Crippen LogP contribution in [-0.2, 0) is 11.3 Å². The molecule has 0 radical (unpaired) electrons.